The molecule has 0 aromatic rings. The SMILES string of the molecule is CCC(C)[SiH](CC)CN(CC)CC. The van der Waals surface area contributed by atoms with E-state index in [1.165, 1.54) is 31.7 Å². The van der Waals surface area contributed by atoms with E-state index in [1.807, 2.05) is 0 Å². The summed E-state index contributed by atoms with van der Waals surface area (Å²) in [6.07, 6.45) is 2.81. The zero-order chi connectivity index (χ0) is 10.3. The van der Waals surface area contributed by atoms with Gasteiger partial charge in [-0.1, -0.05) is 52.6 Å². The predicted molar refractivity (Wildman–Crippen MR) is 65.1 cm³/mol. The predicted octanol–water partition coefficient (Wildman–Crippen LogP) is 2.91. The van der Waals surface area contributed by atoms with Crippen molar-refractivity contribution in [1.29, 1.82) is 0 Å². The maximum atomic E-state index is 2.60. The Morgan fingerprint density at radius 1 is 1.08 bits per heavy atom. The molecule has 2 unspecified atom stereocenters. The Morgan fingerprint density at radius 2 is 1.62 bits per heavy atom. The lowest BCUT2D eigenvalue weighted by molar-refractivity contribution is 0.348. The van der Waals surface area contributed by atoms with Gasteiger partial charge < -0.3 is 4.90 Å². The summed E-state index contributed by atoms with van der Waals surface area (Å²) in [5, 5.41) is 0. The number of nitrogens with zero attached hydrogens (tertiary/aromatic N) is 1. The maximum Gasteiger partial charge on any atom is 0.0555 e. The Labute approximate surface area is 86.1 Å². The van der Waals surface area contributed by atoms with Crippen molar-refractivity contribution in [3.63, 3.8) is 0 Å². The highest BCUT2D eigenvalue weighted by Crippen LogP contribution is 2.17. The molecule has 0 rings (SSSR count). The van der Waals surface area contributed by atoms with Crippen LogP contribution in [0, 0.1) is 0 Å². The van der Waals surface area contributed by atoms with Gasteiger partial charge in [0.25, 0.3) is 0 Å². The number of hydrogen-bond acceptors (Lipinski definition) is 1. The van der Waals surface area contributed by atoms with Crippen molar-refractivity contribution in [2.75, 3.05) is 19.3 Å². The quantitative estimate of drug-likeness (QED) is 0.573. The van der Waals surface area contributed by atoms with Gasteiger partial charge in [0.15, 0.2) is 0 Å². The van der Waals surface area contributed by atoms with Crippen LogP contribution < -0.4 is 0 Å². The van der Waals surface area contributed by atoms with Crippen LogP contribution in [0.4, 0.5) is 0 Å². The maximum absolute atomic E-state index is 2.60. The average molecular weight is 201 g/mol. The molecular formula is C11H27NSi. The summed E-state index contributed by atoms with van der Waals surface area (Å²) < 4.78 is 0. The lowest BCUT2D eigenvalue weighted by atomic mass is 10.4. The molecule has 2 heteroatoms. The van der Waals surface area contributed by atoms with Gasteiger partial charge in [-0.2, -0.15) is 0 Å². The topological polar surface area (TPSA) is 3.24 Å². The van der Waals surface area contributed by atoms with E-state index in [-0.39, 0.29) is 0 Å². The van der Waals surface area contributed by atoms with Crippen LogP contribution in [-0.2, 0) is 0 Å². The smallest absolute Gasteiger partial charge is 0.0555 e. The second-order valence-corrected chi connectivity index (χ2v) is 7.88. The van der Waals surface area contributed by atoms with Crippen molar-refractivity contribution >= 4 is 8.80 Å². The van der Waals surface area contributed by atoms with Crippen LogP contribution in [0.1, 0.15) is 41.0 Å². The average Bonchev–Trinajstić information content (AvgIpc) is 2.19. The van der Waals surface area contributed by atoms with E-state index in [0.717, 1.165) is 5.54 Å². The van der Waals surface area contributed by atoms with Gasteiger partial charge in [0.05, 0.1) is 8.80 Å². The molecule has 0 fully saturated rings. The summed E-state index contributed by atoms with van der Waals surface area (Å²) in [4.78, 5) is 2.60. The van der Waals surface area contributed by atoms with Crippen molar-refractivity contribution in [3.8, 4) is 0 Å². The third kappa shape index (κ3) is 4.82. The van der Waals surface area contributed by atoms with Gasteiger partial charge in [0.1, 0.15) is 0 Å². The van der Waals surface area contributed by atoms with Crippen LogP contribution >= 0.6 is 0 Å². The molecule has 0 radical (unpaired) electrons. The zero-order valence-corrected chi connectivity index (χ0v) is 11.3. The molecule has 0 saturated heterocycles. The molecule has 80 valence electrons. The first-order valence-corrected chi connectivity index (χ1v) is 8.21. The molecule has 0 amide bonds. The number of rotatable bonds is 7. The Bertz CT molecular complexity index is 113. The van der Waals surface area contributed by atoms with Gasteiger partial charge >= 0.3 is 0 Å². The van der Waals surface area contributed by atoms with E-state index < -0.39 is 8.80 Å². The molecule has 0 spiro atoms. The normalized spacial score (nSPS) is 16.2. The van der Waals surface area contributed by atoms with Crippen LogP contribution in [0.15, 0.2) is 0 Å². The summed E-state index contributed by atoms with van der Waals surface area (Å²) in [6, 6.07) is 1.46. The Balaban J connectivity index is 3.94. The minimum Gasteiger partial charge on any atom is -0.307 e. The van der Waals surface area contributed by atoms with E-state index in [9.17, 15) is 0 Å². The summed E-state index contributed by atoms with van der Waals surface area (Å²) >= 11 is 0. The highest BCUT2D eigenvalue weighted by atomic mass is 28.3. The Hall–Kier alpha value is 0.177. The standard InChI is InChI=1S/C11H27NSi/c1-6-11(5)13(9-4)10-12(7-2)8-3/h11,13H,6-10H2,1-5H3. The van der Waals surface area contributed by atoms with E-state index in [0.29, 0.717) is 0 Å². The second-order valence-electron chi connectivity index (χ2n) is 4.04. The molecule has 0 heterocycles. The minimum absolute atomic E-state index is 0.474. The molecule has 0 aliphatic heterocycles. The fraction of sp³-hybridized carbons (Fsp3) is 1.00. The van der Waals surface area contributed by atoms with Crippen LogP contribution in [0.3, 0.4) is 0 Å². The van der Waals surface area contributed by atoms with Crippen LogP contribution in [0.5, 0.6) is 0 Å². The largest absolute Gasteiger partial charge is 0.307 e. The second kappa shape index (κ2) is 7.57. The third-order valence-corrected chi connectivity index (χ3v) is 7.48. The van der Waals surface area contributed by atoms with Crippen LogP contribution in [0.25, 0.3) is 0 Å². The van der Waals surface area contributed by atoms with E-state index in [1.54, 1.807) is 0 Å². The highest BCUT2D eigenvalue weighted by Gasteiger charge is 2.17. The van der Waals surface area contributed by atoms with Crippen molar-refractivity contribution in [1.82, 2.24) is 4.90 Å². The highest BCUT2D eigenvalue weighted by molar-refractivity contribution is 6.60. The molecule has 2 atom stereocenters. The van der Waals surface area contributed by atoms with Gasteiger partial charge in [0.2, 0.25) is 0 Å². The van der Waals surface area contributed by atoms with Crippen molar-refractivity contribution < 1.29 is 0 Å². The summed E-state index contributed by atoms with van der Waals surface area (Å²) in [5.41, 5.74) is 1.02. The fourth-order valence-corrected chi connectivity index (χ4v) is 5.13. The first-order chi connectivity index (χ1) is 6.19. The molecular weight excluding hydrogens is 174 g/mol. The molecule has 0 aliphatic carbocycles. The first-order valence-electron chi connectivity index (χ1n) is 5.91. The third-order valence-electron chi connectivity index (χ3n) is 3.36. The summed E-state index contributed by atoms with van der Waals surface area (Å²) in [6.45, 7) is 14.2. The van der Waals surface area contributed by atoms with Crippen LogP contribution in [-0.4, -0.2) is 33.0 Å². The molecule has 0 aromatic heterocycles. The minimum atomic E-state index is -0.474. The van der Waals surface area contributed by atoms with Crippen molar-refractivity contribution in [3.05, 3.63) is 0 Å². The monoisotopic (exact) mass is 201 g/mol. The molecule has 0 N–H and O–H groups in total. The van der Waals surface area contributed by atoms with Gasteiger partial charge in [0, 0.05) is 0 Å². The lowest BCUT2D eigenvalue weighted by Gasteiger charge is -2.27. The van der Waals surface area contributed by atoms with Crippen molar-refractivity contribution in [2.45, 2.75) is 52.6 Å². The zero-order valence-electron chi connectivity index (χ0n) is 10.1. The van der Waals surface area contributed by atoms with Gasteiger partial charge in [-0.15, -0.1) is 0 Å². The Morgan fingerprint density at radius 3 is 1.92 bits per heavy atom. The molecule has 13 heavy (non-hydrogen) atoms. The van der Waals surface area contributed by atoms with E-state index >= 15 is 0 Å². The number of hydrogen-bond donors (Lipinski definition) is 0. The van der Waals surface area contributed by atoms with Gasteiger partial charge in [-0.05, 0) is 19.3 Å². The fourth-order valence-electron chi connectivity index (χ4n) is 1.86. The van der Waals surface area contributed by atoms with Gasteiger partial charge in [-0.25, -0.2) is 0 Å². The van der Waals surface area contributed by atoms with E-state index in [2.05, 4.69) is 39.5 Å². The van der Waals surface area contributed by atoms with Crippen LogP contribution in [0.2, 0.25) is 11.6 Å². The van der Waals surface area contributed by atoms with Crippen molar-refractivity contribution in [2.24, 2.45) is 0 Å². The molecule has 1 nitrogen and oxygen atoms in total. The molecule has 0 bridgehead atoms. The molecule has 0 aromatic carbocycles. The Kier molecular flexibility index (Phi) is 7.67. The molecule has 0 aliphatic rings. The first kappa shape index (κ1) is 13.2. The van der Waals surface area contributed by atoms with E-state index in [4.69, 9.17) is 0 Å². The van der Waals surface area contributed by atoms with Gasteiger partial charge in [-0.3, -0.25) is 0 Å². The lowest BCUT2D eigenvalue weighted by Crippen LogP contribution is -2.36. The molecule has 0 saturated carbocycles. The summed E-state index contributed by atoms with van der Waals surface area (Å²) in [5.74, 6) is 0. The summed E-state index contributed by atoms with van der Waals surface area (Å²) in [7, 11) is -0.474.